The standard InChI is InChI=1S/C13H15BrN2OS/c1-17-9-2-4-12(11(15)8-9)16-7-6-10-3-5-13(14)18-10/h2-5,8,16H,6-7,15H2,1H3. The quantitative estimate of drug-likeness (QED) is 0.822. The van der Waals surface area contributed by atoms with Crippen molar-refractivity contribution >= 4 is 38.6 Å². The lowest BCUT2D eigenvalue weighted by molar-refractivity contribution is 0.415. The van der Waals surface area contributed by atoms with Gasteiger partial charge in [-0.3, -0.25) is 0 Å². The number of rotatable bonds is 5. The number of benzene rings is 1. The number of anilines is 2. The highest BCUT2D eigenvalue weighted by Crippen LogP contribution is 2.25. The number of nitrogens with two attached hydrogens (primary N) is 1. The van der Waals surface area contributed by atoms with E-state index >= 15 is 0 Å². The number of nitrogen functional groups attached to an aromatic ring is 1. The summed E-state index contributed by atoms with van der Waals surface area (Å²) in [7, 11) is 1.64. The highest BCUT2D eigenvalue weighted by atomic mass is 79.9. The largest absolute Gasteiger partial charge is 0.497 e. The molecule has 0 amide bonds. The first-order chi connectivity index (χ1) is 8.69. The zero-order valence-electron chi connectivity index (χ0n) is 10.1. The predicted molar refractivity (Wildman–Crippen MR) is 81.6 cm³/mol. The molecular formula is C13H15BrN2OS. The van der Waals surface area contributed by atoms with Crippen LogP contribution in [0, 0.1) is 0 Å². The summed E-state index contributed by atoms with van der Waals surface area (Å²) >= 11 is 5.22. The molecule has 5 heteroatoms. The molecule has 0 fully saturated rings. The molecule has 96 valence electrons. The van der Waals surface area contributed by atoms with E-state index in [4.69, 9.17) is 10.5 Å². The maximum Gasteiger partial charge on any atom is 0.121 e. The average molecular weight is 327 g/mol. The molecule has 1 aromatic carbocycles. The van der Waals surface area contributed by atoms with Gasteiger partial charge in [-0.05, 0) is 46.6 Å². The minimum absolute atomic E-state index is 0.710. The van der Waals surface area contributed by atoms with Crippen LogP contribution in [0.2, 0.25) is 0 Å². The minimum atomic E-state index is 0.710. The van der Waals surface area contributed by atoms with Gasteiger partial charge in [0.15, 0.2) is 0 Å². The number of hydrogen-bond donors (Lipinski definition) is 2. The van der Waals surface area contributed by atoms with Crippen LogP contribution in [0.25, 0.3) is 0 Å². The zero-order valence-corrected chi connectivity index (χ0v) is 12.5. The van der Waals surface area contributed by atoms with E-state index in [1.54, 1.807) is 18.4 Å². The maximum absolute atomic E-state index is 5.93. The predicted octanol–water partition coefficient (Wildman–Crippen LogP) is 3.76. The van der Waals surface area contributed by atoms with Gasteiger partial charge in [0, 0.05) is 17.5 Å². The van der Waals surface area contributed by atoms with E-state index in [1.165, 1.54) is 8.66 Å². The SMILES string of the molecule is COc1ccc(NCCc2ccc(Br)s2)c(N)c1. The van der Waals surface area contributed by atoms with Gasteiger partial charge < -0.3 is 15.8 Å². The Bertz CT molecular complexity index is 527. The van der Waals surface area contributed by atoms with Crippen molar-refractivity contribution < 1.29 is 4.74 Å². The molecule has 0 unspecified atom stereocenters. The monoisotopic (exact) mass is 326 g/mol. The first kappa shape index (κ1) is 13.2. The summed E-state index contributed by atoms with van der Waals surface area (Å²) in [6.45, 7) is 0.865. The minimum Gasteiger partial charge on any atom is -0.497 e. The van der Waals surface area contributed by atoms with E-state index in [-0.39, 0.29) is 0 Å². The molecule has 0 aliphatic heterocycles. The van der Waals surface area contributed by atoms with Crippen molar-refractivity contribution in [1.82, 2.24) is 0 Å². The van der Waals surface area contributed by atoms with Gasteiger partial charge in [-0.15, -0.1) is 11.3 Å². The summed E-state index contributed by atoms with van der Waals surface area (Å²) in [5.74, 6) is 0.778. The van der Waals surface area contributed by atoms with Gasteiger partial charge in [-0.2, -0.15) is 0 Å². The van der Waals surface area contributed by atoms with Crippen molar-refractivity contribution in [2.45, 2.75) is 6.42 Å². The molecule has 0 aliphatic rings. The van der Waals surface area contributed by atoms with E-state index in [1.807, 2.05) is 18.2 Å². The molecule has 1 aromatic heterocycles. The molecule has 3 nitrogen and oxygen atoms in total. The molecule has 2 rings (SSSR count). The van der Waals surface area contributed by atoms with Crippen molar-refractivity contribution in [2.75, 3.05) is 24.7 Å². The number of nitrogens with one attached hydrogen (secondary N) is 1. The van der Waals surface area contributed by atoms with E-state index < -0.39 is 0 Å². The molecule has 0 bridgehead atoms. The van der Waals surface area contributed by atoms with Gasteiger partial charge >= 0.3 is 0 Å². The van der Waals surface area contributed by atoms with Crippen molar-refractivity contribution in [3.63, 3.8) is 0 Å². The molecule has 0 radical (unpaired) electrons. The summed E-state index contributed by atoms with van der Waals surface area (Å²) in [5, 5.41) is 3.33. The highest BCUT2D eigenvalue weighted by molar-refractivity contribution is 9.11. The summed E-state index contributed by atoms with van der Waals surface area (Å²) in [4.78, 5) is 1.35. The Labute approximate surface area is 119 Å². The third-order valence-electron chi connectivity index (χ3n) is 2.57. The Morgan fingerprint density at radius 2 is 2.17 bits per heavy atom. The van der Waals surface area contributed by atoms with E-state index in [2.05, 4.69) is 33.4 Å². The van der Waals surface area contributed by atoms with Gasteiger partial charge in [-0.25, -0.2) is 0 Å². The lowest BCUT2D eigenvalue weighted by Gasteiger charge is -2.10. The molecule has 0 spiro atoms. The third kappa shape index (κ3) is 3.40. The number of halogens is 1. The molecule has 0 aliphatic carbocycles. The van der Waals surface area contributed by atoms with Crippen LogP contribution in [0.3, 0.4) is 0 Å². The lowest BCUT2D eigenvalue weighted by Crippen LogP contribution is -2.06. The van der Waals surface area contributed by atoms with Gasteiger partial charge in [0.2, 0.25) is 0 Å². The zero-order chi connectivity index (χ0) is 13.0. The van der Waals surface area contributed by atoms with Crippen molar-refractivity contribution in [2.24, 2.45) is 0 Å². The second-order valence-corrected chi connectivity index (χ2v) is 6.38. The van der Waals surface area contributed by atoms with Crippen molar-refractivity contribution in [1.29, 1.82) is 0 Å². The molecule has 1 heterocycles. The number of hydrogen-bond acceptors (Lipinski definition) is 4. The molecule has 0 atom stereocenters. The summed E-state index contributed by atoms with van der Waals surface area (Å²) in [6.07, 6.45) is 0.988. The maximum atomic E-state index is 5.93. The van der Waals surface area contributed by atoms with Crippen LogP contribution in [-0.2, 0) is 6.42 Å². The normalized spacial score (nSPS) is 10.3. The Morgan fingerprint density at radius 1 is 1.33 bits per heavy atom. The topological polar surface area (TPSA) is 47.3 Å². The average Bonchev–Trinajstić information content (AvgIpc) is 2.77. The van der Waals surface area contributed by atoms with Crippen LogP contribution < -0.4 is 15.8 Å². The van der Waals surface area contributed by atoms with E-state index in [0.29, 0.717) is 5.69 Å². The first-order valence-electron chi connectivity index (χ1n) is 5.60. The molecule has 2 aromatic rings. The number of ether oxygens (including phenoxy) is 1. The van der Waals surface area contributed by atoms with Gasteiger partial charge in [0.1, 0.15) is 5.75 Å². The fourth-order valence-corrected chi connectivity index (χ4v) is 3.12. The third-order valence-corrected chi connectivity index (χ3v) is 4.26. The van der Waals surface area contributed by atoms with Gasteiger partial charge in [-0.1, -0.05) is 0 Å². The van der Waals surface area contributed by atoms with Crippen LogP contribution >= 0.6 is 27.3 Å². The first-order valence-corrected chi connectivity index (χ1v) is 7.21. The van der Waals surface area contributed by atoms with Crippen LogP contribution in [0.4, 0.5) is 11.4 Å². The van der Waals surface area contributed by atoms with Crippen molar-refractivity contribution in [3.8, 4) is 5.75 Å². The van der Waals surface area contributed by atoms with Gasteiger partial charge in [0.25, 0.3) is 0 Å². The van der Waals surface area contributed by atoms with Crippen molar-refractivity contribution in [3.05, 3.63) is 39.0 Å². The fraction of sp³-hybridized carbons (Fsp3) is 0.231. The van der Waals surface area contributed by atoms with Crippen LogP contribution in [0.1, 0.15) is 4.88 Å². The van der Waals surface area contributed by atoms with Crippen LogP contribution in [-0.4, -0.2) is 13.7 Å². The Hall–Kier alpha value is -1.20. The second-order valence-electron chi connectivity index (χ2n) is 3.84. The molecular weight excluding hydrogens is 312 g/mol. The fourth-order valence-electron chi connectivity index (χ4n) is 1.64. The van der Waals surface area contributed by atoms with Crippen LogP contribution in [0.5, 0.6) is 5.75 Å². The van der Waals surface area contributed by atoms with Gasteiger partial charge in [0.05, 0.1) is 22.3 Å². The summed E-state index contributed by atoms with van der Waals surface area (Å²) in [6, 6.07) is 9.87. The molecule has 18 heavy (non-hydrogen) atoms. The second kappa shape index (κ2) is 6.11. The molecule has 0 saturated heterocycles. The lowest BCUT2D eigenvalue weighted by atomic mass is 10.2. The Morgan fingerprint density at radius 3 is 2.78 bits per heavy atom. The number of thiophene rings is 1. The summed E-state index contributed by atoms with van der Waals surface area (Å²) < 4.78 is 6.28. The highest BCUT2D eigenvalue weighted by Gasteiger charge is 2.02. The smallest absolute Gasteiger partial charge is 0.121 e. The van der Waals surface area contributed by atoms with E-state index in [0.717, 1.165) is 24.4 Å². The Balaban J connectivity index is 1.90. The number of methoxy groups -OCH3 is 1. The Kier molecular flexibility index (Phi) is 4.49. The molecule has 0 saturated carbocycles. The molecule has 3 N–H and O–H groups in total. The summed E-state index contributed by atoms with van der Waals surface area (Å²) in [5.41, 5.74) is 7.59. The van der Waals surface area contributed by atoms with Crippen LogP contribution in [0.15, 0.2) is 34.1 Å². The van der Waals surface area contributed by atoms with E-state index in [9.17, 15) is 0 Å².